The predicted molar refractivity (Wildman–Crippen MR) is 96.6 cm³/mol. The topological polar surface area (TPSA) is 68.3 Å². The van der Waals surface area contributed by atoms with E-state index in [9.17, 15) is 9.59 Å². The van der Waals surface area contributed by atoms with Crippen LogP contribution in [-0.2, 0) is 16.1 Å². The summed E-state index contributed by atoms with van der Waals surface area (Å²) in [6, 6.07) is 9.56. The number of amides is 1. The highest BCUT2D eigenvalue weighted by Gasteiger charge is 2.22. The van der Waals surface area contributed by atoms with Gasteiger partial charge in [0.25, 0.3) is 5.91 Å². The van der Waals surface area contributed by atoms with E-state index in [1.807, 2.05) is 31.2 Å². The van der Waals surface area contributed by atoms with Crippen molar-refractivity contribution in [1.29, 1.82) is 0 Å². The van der Waals surface area contributed by atoms with Crippen molar-refractivity contribution in [3.8, 4) is 0 Å². The molecule has 0 spiro atoms. The summed E-state index contributed by atoms with van der Waals surface area (Å²) in [4.78, 5) is 28.5. The van der Waals surface area contributed by atoms with Crippen LogP contribution in [0.4, 0.5) is 0 Å². The number of nitrogens with zero attached hydrogens (tertiary/aromatic N) is 1. The van der Waals surface area contributed by atoms with Crippen LogP contribution in [0.1, 0.15) is 39.7 Å². The molecule has 1 atom stereocenters. The zero-order valence-electron chi connectivity index (χ0n) is 14.7. The van der Waals surface area contributed by atoms with Crippen molar-refractivity contribution in [2.75, 3.05) is 0 Å². The Hall–Kier alpha value is -2.40. The molecule has 0 aliphatic heterocycles. The number of esters is 1. The van der Waals surface area contributed by atoms with E-state index in [2.05, 4.69) is 10.3 Å². The van der Waals surface area contributed by atoms with Gasteiger partial charge in [0.05, 0.1) is 5.56 Å². The summed E-state index contributed by atoms with van der Waals surface area (Å²) in [5.74, 6) is -1.03. The van der Waals surface area contributed by atoms with Crippen LogP contribution in [0.2, 0.25) is 5.15 Å². The Balaban J connectivity index is 1.96. The minimum absolute atomic E-state index is 0.0785. The zero-order chi connectivity index (χ0) is 18.6. The highest BCUT2D eigenvalue weighted by Crippen LogP contribution is 2.20. The summed E-state index contributed by atoms with van der Waals surface area (Å²) >= 11 is 6.03. The highest BCUT2D eigenvalue weighted by atomic mass is 35.5. The molecule has 0 saturated heterocycles. The maximum Gasteiger partial charge on any atom is 0.342 e. The molecule has 1 amide bonds. The smallest absolute Gasteiger partial charge is 0.342 e. The van der Waals surface area contributed by atoms with E-state index in [1.165, 1.54) is 6.92 Å². The van der Waals surface area contributed by atoms with E-state index in [0.717, 1.165) is 11.1 Å². The lowest BCUT2D eigenvalue weighted by Gasteiger charge is -2.15. The van der Waals surface area contributed by atoms with E-state index in [-0.39, 0.29) is 16.6 Å². The van der Waals surface area contributed by atoms with Crippen molar-refractivity contribution >= 4 is 23.5 Å². The number of carbonyl (C=O) groups excluding carboxylic acids is 2. The summed E-state index contributed by atoms with van der Waals surface area (Å²) in [5, 5.41) is 2.83. The second kappa shape index (κ2) is 8.12. The van der Waals surface area contributed by atoms with Gasteiger partial charge in [-0.2, -0.15) is 0 Å². The van der Waals surface area contributed by atoms with Gasteiger partial charge in [0.2, 0.25) is 0 Å². The van der Waals surface area contributed by atoms with Crippen molar-refractivity contribution in [3.63, 3.8) is 0 Å². The molecule has 0 fully saturated rings. The van der Waals surface area contributed by atoms with Crippen LogP contribution in [0.3, 0.4) is 0 Å². The molecule has 132 valence electrons. The van der Waals surface area contributed by atoms with Gasteiger partial charge >= 0.3 is 5.97 Å². The fraction of sp³-hybridized carbons (Fsp3) is 0.316. The molecule has 5 nitrogen and oxygen atoms in total. The van der Waals surface area contributed by atoms with Gasteiger partial charge in [-0.25, -0.2) is 9.78 Å². The van der Waals surface area contributed by atoms with Crippen LogP contribution < -0.4 is 5.32 Å². The van der Waals surface area contributed by atoms with E-state index in [1.54, 1.807) is 19.9 Å². The molecule has 0 aliphatic rings. The summed E-state index contributed by atoms with van der Waals surface area (Å²) in [5.41, 5.74) is 3.68. The van der Waals surface area contributed by atoms with Gasteiger partial charge in [0, 0.05) is 12.2 Å². The van der Waals surface area contributed by atoms with Gasteiger partial charge in [-0.15, -0.1) is 0 Å². The highest BCUT2D eigenvalue weighted by molar-refractivity contribution is 6.32. The van der Waals surface area contributed by atoms with Crippen LogP contribution in [0.15, 0.2) is 30.3 Å². The van der Waals surface area contributed by atoms with Gasteiger partial charge in [0.1, 0.15) is 5.15 Å². The molecule has 0 aliphatic carbocycles. The monoisotopic (exact) mass is 360 g/mol. The number of ether oxygens (including phenoxy) is 1. The van der Waals surface area contributed by atoms with E-state index in [4.69, 9.17) is 16.3 Å². The Labute approximate surface area is 152 Å². The number of rotatable bonds is 5. The first kappa shape index (κ1) is 18.9. The van der Waals surface area contributed by atoms with Crippen LogP contribution in [-0.4, -0.2) is 23.0 Å². The molecule has 2 rings (SSSR count). The molecule has 1 aromatic carbocycles. The third-order valence-corrected chi connectivity index (χ3v) is 4.02. The number of halogens is 1. The van der Waals surface area contributed by atoms with Gasteiger partial charge in [-0.1, -0.05) is 41.4 Å². The Bertz CT molecular complexity index is 765. The fourth-order valence-electron chi connectivity index (χ4n) is 2.35. The summed E-state index contributed by atoms with van der Waals surface area (Å²) in [7, 11) is 0. The van der Waals surface area contributed by atoms with Crippen LogP contribution >= 0.6 is 11.6 Å². The average Bonchev–Trinajstić information content (AvgIpc) is 2.52. The number of hydrogen-bond acceptors (Lipinski definition) is 4. The molecule has 1 aromatic heterocycles. The zero-order valence-corrected chi connectivity index (χ0v) is 15.5. The molecule has 0 radical (unpaired) electrons. The molecular formula is C19H21ClN2O3. The number of benzene rings is 1. The summed E-state index contributed by atoms with van der Waals surface area (Å²) < 4.78 is 5.23. The van der Waals surface area contributed by atoms with Crippen molar-refractivity contribution in [2.45, 2.75) is 40.3 Å². The number of aromatic nitrogens is 1. The van der Waals surface area contributed by atoms with Crippen molar-refractivity contribution < 1.29 is 14.3 Å². The second-order valence-electron chi connectivity index (χ2n) is 6.00. The normalized spacial score (nSPS) is 11.7. The Kier molecular flexibility index (Phi) is 6.15. The molecule has 25 heavy (non-hydrogen) atoms. The van der Waals surface area contributed by atoms with Gasteiger partial charge in [0.15, 0.2) is 6.10 Å². The fourth-order valence-corrected chi connectivity index (χ4v) is 2.71. The number of carbonyl (C=O) groups is 2. The summed E-state index contributed by atoms with van der Waals surface area (Å²) in [6.45, 7) is 7.42. The van der Waals surface area contributed by atoms with Crippen molar-refractivity contribution in [1.82, 2.24) is 10.3 Å². The first-order valence-corrected chi connectivity index (χ1v) is 8.33. The standard InChI is InChI=1S/C19H21ClN2O3/c1-11-5-7-15(8-6-11)10-21-18(23)14(4)25-19(24)16-12(2)9-13(3)22-17(16)20/h5-9,14H,10H2,1-4H3,(H,21,23)/t14-/m1/s1. The molecule has 1 heterocycles. The quantitative estimate of drug-likeness (QED) is 0.654. The molecule has 0 bridgehead atoms. The Morgan fingerprint density at radius 3 is 2.44 bits per heavy atom. The maximum atomic E-state index is 12.3. The minimum Gasteiger partial charge on any atom is -0.449 e. The summed E-state index contributed by atoms with van der Waals surface area (Å²) in [6.07, 6.45) is -0.935. The van der Waals surface area contributed by atoms with E-state index in [0.29, 0.717) is 17.8 Å². The van der Waals surface area contributed by atoms with Crippen molar-refractivity contribution in [2.24, 2.45) is 0 Å². The molecule has 6 heteroatoms. The Morgan fingerprint density at radius 1 is 1.20 bits per heavy atom. The molecule has 1 N–H and O–H groups in total. The molecule has 2 aromatic rings. The number of aryl methyl sites for hydroxylation is 3. The van der Waals surface area contributed by atoms with Crippen LogP contribution in [0.5, 0.6) is 0 Å². The van der Waals surface area contributed by atoms with Crippen LogP contribution in [0, 0.1) is 20.8 Å². The number of nitrogens with one attached hydrogen (secondary N) is 1. The van der Waals surface area contributed by atoms with Gasteiger partial charge < -0.3 is 10.1 Å². The van der Waals surface area contributed by atoms with Gasteiger partial charge in [-0.05, 0) is 44.9 Å². The van der Waals surface area contributed by atoms with E-state index < -0.39 is 12.1 Å². The lowest BCUT2D eigenvalue weighted by atomic mass is 10.1. The Morgan fingerprint density at radius 2 is 1.84 bits per heavy atom. The van der Waals surface area contributed by atoms with Crippen molar-refractivity contribution in [3.05, 3.63) is 63.4 Å². The lowest BCUT2D eigenvalue weighted by Crippen LogP contribution is -2.35. The first-order chi connectivity index (χ1) is 11.8. The predicted octanol–water partition coefficient (Wildman–Crippen LogP) is 3.52. The SMILES string of the molecule is Cc1ccc(CNC(=O)[C@@H](C)OC(=O)c2c(C)cc(C)nc2Cl)cc1. The van der Waals surface area contributed by atoms with Gasteiger partial charge in [-0.3, -0.25) is 4.79 Å². The molecule has 0 unspecified atom stereocenters. The minimum atomic E-state index is -0.935. The van der Waals surface area contributed by atoms with Crippen LogP contribution in [0.25, 0.3) is 0 Å². The molecule has 0 saturated carbocycles. The molecular weight excluding hydrogens is 340 g/mol. The second-order valence-corrected chi connectivity index (χ2v) is 6.36. The number of hydrogen-bond donors (Lipinski definition) is 1. The first-order valence-electron chi connectivity index (χ1n) is 7.96. The largest absolute Gasteiger partial charge is 0.449 e. The third kappa shape index (κ3) is 5.03. The number of pyridine rings is 1. The maximum absolute atomic E-state index is 12.3. The van der Waals surface area contributed by atoms with E-state index >= 15 is 0 Å². The lowest BCUT2D eigenvalue weighted by molar-refractivity contribution is -0.129. The third-order valence-electron chi connectivity index (χ3n) is 3.75. The average molecular weight is 361 g/mol.